The molecular formula is C23H28O6. The maximum atomic E-state index is 6.43. The van der Waals surface area contributed by atoms with Gasteiger partial charge in [0.15, 0.2) is 17.9 Å². The third-order valence-corrected chi connectivity index (χ3v) is 5.74. The summed E-state index contributed by atoms with van der Waals surface area (Å²) in [5, 5.41) is 2.38. The smallest absolute Gasteiger partial charge is 0.190 e. The topological polar surface area (TPSA) is 55.4 Å². The summed E-state index contributed by atoms with van der Waals surface area (Å²) in [6, 6.07) is 14.6. The number of fused-ring (bicyclic) bond motifs is 2. The summed E-state index contributed by atoms with van der Waals surface area (Å²) in [4.78, 5) is 0. The molecule has 6 nitrogen and oxygen atoms in total. The quantitative estimate of drug-likeness (QED) is 0.779. The van der Waals surface area contributed by atoms with Crippen LogP contribution in [0.1, 0.15) is 33.3 Å². The van der Waals surface area contributed by atoms with E-state index < -0.39 is 17.9 Å². The SMILES string of the molecule is CC1(C)O[C@H]2O[C@H]([C@H]3COC(C)(C)O3)[C@H](OCc3cccc4ccccc34)[C@H]2O1. The van der Waals surface area contributed by atoms with Crippen LogP contribution in [0.25, 0.3) is 10.8 Å². The van der Waals surface area contributed by atoms with Gasteiger partial charge in [-0.3, -0.25) is 0 Å². The fourth-order valence-corrected chi connectivity index (χ4v) is 4.47. The van der Waals surface area contributed by atoms with Crippen molar-refractivity contribution in [1.29, 1.82) is 0 Å². The zero-order valence-electron chi connectivity index (χ0n) is 17.3. The van der Waals surface area contributed by atoms with Gasteiger partial charge >= 0.3 is 0 Å². The van der Waals surface area contributed by atoms with Crippen molar-refractivity contribution in [2.45, 2.75) is 76.6 Å². The Balaban J connectivity index is 1.38. The van der Waals surface area contributed by atoms with E-state index in [0.29, 0.717) is 13.2 Å². The fraction of sp³-hybridized carbons (Fsp3) is 0.565. The Morgan fingerprint density at radius 2 is 1.69 bits per heavy atom. The van der Waals surface area contributed by atoms with Crippen LogP contribution < -0.4 is 0 Å². The molecule has 0 amide bonds. The Hall–Kier alpha value is -1.54. The molecule has 5 atom stereocenters. The van der Waals surface area contributed by atoms with Crippen LogP contribution in [0.5, 0.6) is 0 Å². The van der Waals surface area contributed by atoms with Gasteiger partial charge in [-0.25, -0.2) is 0 Å². The minimum Gasteiger partial charge on any atom is -0.368 e. The van der Waals surface area contributed by atoms with Crippen molar-refractivity contribution in [3.63, 3.8) is 0 Å². The summed E-state index contributed by atoms with van der Waals surface area (Å²) in [6.45, 7) is 8.51. The first kappa shape index (κ1) is 19.4. The normalized spacial score (nSPS) is 35.2. The molecule has 3 heterocycles. The second-order valence-electron chi connectivity index (χ2n) is 8.85. The number of rotatable bonds is 4. The van der Waals surface area contributed by atoms with Gasteiger partial charge in [-0.15, -0.1) is 0 Å². The summed E-state index contributed by atoms with van der Waals surface area (Å²) >= 11 is 0. The zero-order chi connectivity index (χ0) is 20.2. The molecule has 2 aromatic rings. The van der Waals surface area contributed by atoms with Crippen molar-refractivity contribution < 1.29 is 28.4 Å². The Morgan fingerprint density at radius 1 is 0.897 bits per heavy atom. The standard InChI is InChI=1S/C23H28O6/c1-22(2)25-13-17(27-22)18-19(20-21(26-18)29-23(3,4)28-20)24-12-15-10-7-9-14-8-5-6-11-16(14)15/h5-11,17-21H,12-13H2,1-4H3/t17-,18-,19+,20-,21-/m1/s1. The van der Waals surface area contributed by atoms with Crippen LogP contribution in [0.3, 0.4) is 0 Å². The van der Waals surface area contributed by atoms with E-state index in [2.05, 4.69) is 30.3 Å². The van der Waals surface area contributed by atoms with E-state index in [-0.39, 0.29) is 24.4 Å². The van der Waals surface area contributed by atoms with Gasteiger partial charge in [-0.05, 0) is 44.0 Å². The predicted molar refractivity (Wildman–Crippen MR) is 106 cm³/mol. The van der Waals surface area contributed by atoms with E-state index in [1.165, 1.54) is 10.8 Å². The zero-order valence-corrected chi connectivity index (χ0v) is 17.3. The van der Waals surface area contributed by atoms with Crippen molar-refractivity contribution in [2.75, 3.05) is 6.61 Å². The highest BCUT2D eigenvalue weighted by atomic mass is 16.8. The molecule has 0 radical (unpaired) electrons. The fourth-order valence-electron chi connectivity index (χ4n) is 4.47. The molecule has 0 saturated carbocycles. The van der Waals surface area contributed by atoms with E-state index in [1.807, 2.05) is 39.8 Å². The molecule has 3 saturated heterocycles. The lowest BCUT2D eigenvalue weighted by Crippen LogP contribution is -2.44. The van der Waals surface area contributed by atoms with Crippen LogP contribution in [0.2, 0.25) is 0 Å². The third kappa shape index (κ3) is 3.69. The highest BCUT2D eigenvalue weighted by molar-refractivity contribution is 5.85. The van der Waals surface area contributed by atoms with Gasteiger partial charge in [0.2, 0.25) is 0 Å². The van der Waals surface area contributed by atoms with Crippen molar-refractivity contribution in [1.82, 2.24) is 0 Å². The van der Waals surface area contributed by atoms with E-state index >= 15 is 0 Å². The van der Waals surface area contributed by atoms with E-state index in [0.717, 1.165) is 5.56 Å². The largest absolute Gasteiger partial charge is 0.368 e. The Morgan fingerprint density at radius 3 is 2.48 bits per heavy atom. The van der Waals surface area contributed by atoms with Gasteiger partial charge in [-0.1, -0.05) is 42.5 Å². The molecule has 6 heteroatoms. The first-order chi connectivity index (χ1) is 13.8. The molecule has 3 fully saturated rings. The molecule has 0 aliphatic carbocycles. The molecule has 0 spiro atoms. The lowest BCUT2D eigenvalue weighted by Gasteiger charge is -2.29. The Kier molecular flexibility index (Phi) is 4.70. The predicted octanol–water partition coefficient (Wildman–Crippen LogP) is 3.75. The van der Waals surface area contributed by atoms with E-state index in [4.69, 9.17) is 28.4 Å². The summed E-state index contributed by atoms with van der Waals surface area (Å²) < 4.78 is 36.5. The van der Waals surface area contributed by atoms with Crippen LogP contribution >= 0.6 is 0 Å². The molecule has 29 heavy (non-hydrogen) atoms. The van der Waals surface area contributed by atoms with Crippen LogP contribution in [-0.4, -0.2) is 48.9 Å². The van der Waals surface area contributed by atoms with Gasteiger partial charge in [0.05, 0.1) is 13.2 Å². The maximum absolute atomic E-state index is 6.43. The molecule has 0 unspecified atom stereocenters. The highest BCUT2D eigenvalue weighted by Crippen LogP contribution is 2.42. The summed E-state index contributed by atoms with van der Waals surface area (Å²) in [5.74, 6) is -1.33. The van der Waals surface area contributed by atoms with Gasteiger partial charge in [0.25, 0.3) is 0 Å². The van der Waals surface area contributed by atoms with Crippen LogP contribution in [0, 0.1) is 0 Å². The first-order valence-electron chi connectivity index (χ1n) is 10.2. The van der Waals surface area contributed by atoms with Crippen LogP contribution in [-0.2, 0) is 35.0 Å². The molecule has 2 aromatic carbocycles. The van der Waals surface area contributed by atoms with Gasteiger partial charge in [-0.2, -0.15) is 0 Å². The van der Waals surface area contributed by atoms with Crippen LogP contribution in [0.4, 0.5) is 0 Å². The van der Waals surface area contributed by atoms with Crippen molar-refractivity contribution in [3.05, 3.63) is 48.0 Å². The average Bonchev–Trinajstić information content (AvgIpc) is 3.29. The first-order valence-corrected chi connectivity index (χ1v) is 10.2. The lowest BCUT2D eigenvalue weighted by molar-refractivity contribution is -0.236. The van der Waals surface area contributed by atoms with Crippen molar-refractivity contribution in [2.24, 2.45) is 0 Å². The monoisotopic (exact) mass is 400 g/mol. The summed E-state index contributed by atoms with van der Waals surface area (Å²) in [7, 11) is 0. The summed E-state index contributed by atoms with van der Waals surface area (Å²) in [6.07, 6.45) is -1.65. The molecule has 3 aliphatic heterocycles. The number of ether oxygens (including phenoxy) is 6. The average molecular weight is 400 g/mol. The van der Waals surface area contributed by atoms with Gasteiger partial charge in [0, 0.05) is 0 Å². The van der Waals surface area contributed by atoms with Gasteiger partial charge < -0.3 is 28.4 Å². The van der Waals surface area contributed by atoms with E-state index in [9.17, 15) is 0 Å². The minimum absolute atomic E-state index is 0.233. The maximum Gasteiger partial charge on any atom is 0.190 e. The second kappa shape index (κ2) is 7.01. The third-order valence-electron chi connectivity index (χ3n) is 5.74. The molecular weight excluding hydrogens is 372 g/mol. The molecule has 0 aromatic heterocycles. The summed E-state index contributed by atoms with van der Waals surface area (Å²) in [5.41, 5.74) is 1.13. The molecule has 0 bridgehead atoms. The molecule has 156 valence electrons. The Labute approximate surface area is 171 Å². The molecule has 5 rings (SSSR count). The number of hydrogen-bond acceptors (Lipinski definition) is 6. The minimum atomic E-state index is -0.701. The van der Waals surface area contributed by atoms with E-state index in [1.54, 1.807) is 0 Å². The second-order valence-corrected chi connectivity index (χ2v) is 8.85. The highest BCUT2D eigenvalue weighted by Gasteiger charge is 2.58. The van der Waals surface area contributed by atoms with Crippen molar-refractivity contribution in [3.8, 4) is 0 Å². The number of hydrogen-bond donors (Lipinski definition) is 0. The van der Waals surface area contributed by atoms with Crippen LogP contribution in [0.15, 0.2) is 42.5 Å². The molecule has 3 aliphatic rings. The molecule has 0 N–H and O–H groups in total. The lowest BCUT2D eigenvalue weighted by atomic mass is 10.0. The van der Waals surface area contributed by atoms with Gasteiger partial charge in [0.1, 0.15) is 24.4 Å². The number of benzene rings is 2. The van der Waals surface area contributed by atoms with Crippen molar-refractivity contribution >= 4 is 10.8 Å². The Bertz CT molecular complexity index is 889.